The molecule has 43 heavy (non-hydrogen) atoms. The van der Waals surface area contributed by atoms with Gasteiger partial charge >= 0.3 is 0 Å². The third-order valence-corrected chi connectivity index (χ3v) is 8.36. The Labute approximate surface area is 250 Å². The number of carbonyl (C=O) groups excluding carboxylic acids is 3. The van der Waals surface area contributed by atoms with Crippen molar-refractivity contribution in [2.45, 2.75) is 56.5 Å². The molecule has 1 aromatic heterocycles. The van der Waals surface area contributed by atoms with E-state index in [0.29, 0.717) is 29.8 Å². The molecule has 0 saturated carbocycles. The fourth-order valence-corrected chi connectivity index (χ4v) is 6.15. The van der Waals surface area contributed by atoms with Crippen molar-refractivity contribution in [2.24, 2.45) is 0 Å². The summed E-state index contributed by atoms with van der Waals surface area (Å²) < 4.78 is 12.4. The Bertz CT molecular complexity index is 1460. The van der Waals surface area contributed by atoms with Gasteiger partial charge in [0.1, 0.15) is 24.2 Å². The zero-order chi connectivity index (χ0) is 29.8. The number of likely N-dealkylation sites (tertiary alicyclic amines) is 1. The molecule has 0 spiro atoms. The van der Waals surface area contributed by atoms with Gasteiger partial charge < -0.3 is 25.0 Å². The SMILES string of the molecule is CN1C(=O)c2cc(NC(=O)c3cnccn3)ccc2OC[C@H]2O[C@@H](CC(=O)N[C@H]3CCN(Cc4ccccc4)C3)CC[C@H]21. The number of carbonyl (C=O) groups is 3. The molecule has 2 N–H and O–H groups in total. The van der Waals surface area contributed by atoms with Crippen LogP contribution in [0, 0.1) is 0 Å². The number of rotatable bonds is 7. The first-order chi connectivity index (χ1) is 20.9. The third-order valence-electron chi connectivity index (χ3n) is 8.36. The average molecular weight is 585 g/mol. The summed E-state index contributed by atoms with van der Waals surface area (Å²) in [5.41, 5.74) is 2.26. The van der Waals surface area contributed by atoms with Crippen LogP contribution in [-0.4, -0.2) is 88.5 Å². The number of hydrogen-bond acceptors (Lipinski definition) is 8. The molecule has 2 aromatic carbocycles. The Morgan fingerprint density at radius 3 is 2.74 bits per heavy atom. The predicted molar refractivity (Wildman–Crippen MR) is 159 cm³/mol. The molecule has 2 saturated heterocycles. The largest absolute Gasteiger partial charge is 0.490 e. The summed E-state index contributed by atoms with van der Waals surface area (Å²) in [5.74, 6) is -0.236. The smallest absolute Gasteiger partial charge is 0.275 e. The van der Waals surface area contributed by atoms with Crippen molar-refractivity contribution in [3.63, 3.8) is 0 Å². The van der Waals surface area contributed by atoms with Gasteiger partial charge in [0, 0.05) is 50.8 Å². The van der Waals surface area contributed by atoms with Crippen molar-refractivity contribution in [1.82, 2.24) is 25.1 Å². The van der Waals surface area contributed by atoms with Crippen LogP contribution in [0.25, 0.3) is 0 Å². The molecule has 4 atom stereocenters. The van der Waals surface area contributed by atoms with Crippen LogP contribution in [0.3, 0.4) is 0 Å². The average Bonchev–Trinajstić information content (AvgIpc) is 3.46. The van der Waals surface area contributed by atoms with E-state index in [1.54, 1.807) is 30.1 Å². The van der Waals surface area contributed by atoms with E-state index in [2.05, 4.69) is 37.6 Å². The maximum absolute atomic E-state index is 13.5. The van der Waals surface area contributed by atoms with Crippen molar-refractivity contribution in [1.29, 1.82) is 0 Å². The second-order valence-corrected chi connectivity index (χ2v) is 11.4. The maximum Gasteiger partial charge on any atom is 0.275 e. The Morgan fingerprint density at radius 1 is 1.07 bits per heavy atom. The highest BCUT2D eigenvalue weighted by atomic mass is 16.5. The molecule has 3 aromatic rings. The Morgan fingerprint density at radius 2 is 1.93 bits per heavy atom. The first kappa shape index (κ1) is 28.8. The number of nitrogens with zero attached hydrogens (tertiary/aromatic N) is 4. The fraction of sp³-hybridized carbons (Fsp3) is 0.406. The lowest BCUT2D eigenvalue weighted by Crippen LogP contribution is -2.54. The molecule has 11 heteroatoms. The van der Waals surface area contributed by atoms with Gasteiger partial charge in [-0.05, 0) is 43.0 Å². The van der Waals surface area contributed by atoms with E-state index in [4.69, 9.17) is 9.47 Å². The number of fused-ring (bicyclic) bond motifs is 2. The maximum atomic E-state index is 13.5. The van der Waals surface area contributed by atoms with Gasteiger partial charge in [0.05, 0.1) is 30.3 Å². The molecule has 3 aliphatic heterocycles. The van der Waals surface area contributed by atoms with Crippen molar-refractivity contribution in [3.8, 4) is 5.75 Å². The van der Waals surface area contributed by atoms with Gasteiger partial charge in [-0.2, -0.15) is 0 Å². The van der Waals surface area contributed by atoms with Crippen LogP contribution in [0.15, 0.2) is 67.1 Å². The summed E-state index contributed by atoms with van der Waals surface area (Å²) in [6, 6.07) is 15.3. The van der Waals surface area contributed by atoms with Gasteiger partial charge in [0.15, 0.2) is 0 Å². The van der Waals surface area contributed by atoms with Crippen molar-refractivity contribution in [3.05, 3.63) is 83.9 Å². The van der Waals surface area contributed by atoms with Crippen LogP contribution >= 0.6 is 0 Å². The molecular formula is C32H36N6O5. The second kappa shape index (κ2) is 12.9. The zero-order valence-electron chi connectivity index (χ0n) is 24.1. The molecule has 3 aliphatic rings. The number of likely N-dealkylation sites (N-methyl/N-ethyl adjacent to an activating group) is 1. The predicted octanol–water partition coefficient (Wildman–Crippen LogP) is 2.89. The van der Waals surface area contributed by atoms with Gasteiger partial charge in [-0.1, -0.05) is 30.3 Å². The molecular weight excluding hydrogens is 548 g/mol. The van der Waals surface area contributed by atoms with Gasteiger partial charge in [-0.25, -0.2) is 4.98 Å². The monoisotopic (exact) mass is 584 g/mol. The summed E-state index contributed by atoms with van der Waals surface area (Å²) >= 11 is 0. The van der Waals surface area contributed by atoms with Gasteiger partial charge in [-0.15, -0.1) is 0 Å². The Balaban J connectivity index is 1.03. The first-order valence-electron chi connectivity index (χ1n) is 14.8. The van der Waals surface area contributed by atoms with Crippen LogP contribution < -0.4 is 15.4 Å². The van der Waals surface area contributed by atoms with Crippen LogP contribution in [0.1, 0.15) is 52.1 Å². The van der Waals surface area contributed by atoms with E-state index in [0.717, 1.165) is 26.1 Å². The molecule has 0 aliphatic carbocycles. The highest BCUT2D eigenvalue weighted by Gasteiger charge is 2.39. The standard InChI is InChI=1S/C32H36N6O5/c1-37-27-9-8-24(16-30(39)35-23-11-14-38(19-23)18-21-5-3-2-4-6-21)43-29(27)20-42-28-10-7-22(15-25(28)32(37)41)36-31(40)26-17-33-12-13-34-26/h2-7,10,12-13,15,17,23-24,27,29H,8-9,11,14,16,18-20H2,1H3,(H,35,39)(H,36,40)/t23-,24+,27+,29+/m0/s1. The molecule has 3 amide bonds. The molecule has 0 bridgehead atoms. The van der Waals surface area contributed by atoms with Crippen LogP contribution in [-0.2, 0) is 16.1 Å². The van der Waals surface area contributed by atoms with Gasteiger partial charge in [0.25, 0.3) is 11.8 Å². The number of hydrogen-bond donors (Lipinski definition) is 2. The number of aromatic nitrogens is 2. The third kappa shape index (κ3) is 6.84. The summed E-state index contributed by atoms with van der Waals surface area (Å²) in [6.45, 7) is 2.92. The molecule has 4 heterocycles. The summed E-state index contributed by atoms with van der Waals surface area (Å²) in [6.07, 6.45) is 6.27. The Hall–Kier alpha value is -4.35. The molecule has 0 radical (unpaired) electrons. The highest BCUT2D eigenvalue weighted by Crippen LogP contribution is 2.32. The number of amides is 3. The Kier molecular flexibility index (Phi) is 8.62. The van der Waals surface area contributed by atoms with E-state index < -0.39 is 5.91 Å². The lowest BCUT2D eigenvalue weighted by Gasteiger charge is -2.42. The van der Waals surface area contributed by atoms with Gasteiger partial charge in [-0.3, -0.25) is 24.3 Å². The summed E-state index contributed by atoms with van der Waals surface area (Å²) in [5, 5.41) is 5.97. The van der Waals surface area contributed by atoms with Crippen LogP contribution in [0.4, 0.5) is 5.69 Å². The minimum atomic E-state index is -0.422. The van der Waals surface area contributed by atoms with E-state index in [1.165, 1.54) is 24.2 Å². The summed E-state index contributed by atoms with van der Waals surface area (Å²) in [7, 11) is 1.76. The quantitative estimate of drug-likeness (QED) is 0.434. The summed E-state index contributed by atoms with van der Waals surface area (Å²) in [4.78, 5) is 51.0. The van der Waals surface area contributed by atoms with E-state index in [1.807, 2.05) is 18.2 Å². The molecule has 11 nitrogen and oxygen atoms in total. The second-order valence-electron chi connectivity index (χ2n) is 11.4. The van der Waals surface area contributed by atoms with E-state index in [-0.39, 0.29) is 54.8 Å². The topological polar surface area (TPSA) is 126 Å². The number of anilines is 1. The highest BCUT2D eigenvalue weighted by molar-refractivity contribution is 6.04. The van der Waals surface area contributed by atoms with Crippen molar-refractivity contribution in [2.75, 3.05) is 32.1 Å². The van der Waals surface area contributed by atoms with Crippen LogP contribution in [0.5, 0.6) is 5.75 Å². The molecule has 2 fully saturated rings. The lowest BCUT2D eigenvalue weighted by atomic mass is 9.94. The molecule has 6 rings (SSSR count). The number of benzene rings is 2. The van der Waals surface area contributed by atoms with Crippen molar-refractivity contribution >= 4 is 23.4 Å². The zero-order valence-corrected chi connectivity index (χ0v) is 24.1. The molecule has 224 valence electrons. The lowest BCUT2D eigenvalue weighted by molar-refractivity contribution is -0.134. The number of ether oxygens (including phenoxy) is 2. The molecule has 0 unspecified atom stereocenters. The normalized spacial score (nSPS) is 23.7. The van der Waals surface area contributed by atoms with Gasteiger partial charge in [0.2, 0.25) is 5.91 Å². The minimum Gasteiger partial charge on any atom is -0.490 e. The number of nitrogens with one attached hydrogen (secondary N) is 2. The van der Waals surface area contributed by atoms with Crippen LogP contribution in [0.2, 0.25) is 0 Å². The first-order valence-corrected chi connectivity index (χ1v) is 14.8. The van der Waals surface area contributed by atoms with E-state index >= 15 is 0 Å². The fourth-order valence-electron chi connectivity index (χ4n) is 6.15. The minimum absolute atomic E-state index is 0.00684. The van der Waals surface area contributed by atoms with E-state index in [9.17, 15) is 14.4 Å². The van der Waals surface area contributed by atoms with Crippen molar-refractivity contribution < 1.29 is 23.9 Å².